The third kappa shape index (κ3) is 4.43. The first-order chi connectivity index (χ1) is 6.74. The van der Waals surface area contributed by atoms with Crippen LogP contribution in [0.1, 0.15) is 0 Å². The first-order valence-electron chi connectivity index (χ1n) is 4.94. The van der Waals surface area contributed by atoms with Crippen molar-refractivity contribution in [3.63, 3.8) is 0 Å². The Morgan fingerprint density at radius 3 is 1.57 bits per heavy atom. The zero-order valence-corrected chi connectivity index (χ0v) is 9.91. The van der Waals surface area contributed by atoms with Gasteiger partial charge in [-0.2, -0.15) is 0 Å². The number of allylic oxidation sites excluding steroid dienone is 4. The minimum absolute atomic E-state index is 1.09. The van der Waals surface area contributed by atoms with Gasteiger partial charge in [0, 0.05) is 0 Å². The molecule has 80 valence electrons. The van der Waals surface area contributed by atoms with Crippen LogP contribution in [0, 0.1) is 0 Å². The molecule has 0 aromatic heterocycles. The first kappa shape index (κ1) is 13.2. The molecule has 0 saturated carbocycles. The molecular formula is C12H22NP. The fraction of sp³-hybridized carbons (Fsp3) is 0.333. The second-order valence-electron chi connectivity index (χ2n) is 3.61. The summed E-state index contributed by atoms with van der Waals surface area (Å²) in [6.07, 6.45) is 14.2. The average molecular weight is 211 g/mol. The van der Waals surface area contributed by atoms with E-state index in [0.717, 1.165) is 24.6 Å². The van der Waals surface area contributed by atoms with Crippen LogP contribution < -0.4 is 5.73 Å². The molecule has 0 amide bonds. The Balaban J connectivity index is 4.59. The van der Waals surface area contributed by atoms with E-state index in [1.54, 1.807) is 6.20 Å². The fourth-order valence-corrected chi connectivity index (χ4v) is 5.21. The quantitative estimate of drug-likeness (QED) is 0.485. The van der Waals surface area contributed by atoms with Crippen molar-refractivity contribution in [3.05, 3.63) is 50.2 Å². The van der Waals surface area contributed by atoms with Gasteiger partial charge < -0.3 is 0 Å². The van der Waals surface area contributed by atoms with Crippen molar-refractivity contribution in [2.75, 3.05) is 24.6 Å². The molecule has 0 aliphatic rings. The minimum atomic E-state index is -1.34. The molecule has 0 atom stereocenters. The Morgan fingerprint density at radius 2 is 1.29 bits per heavy atom. The summed E-state index contributed by atoms with van der Waals surface area (Å²) < 4.78 is 0. The van der Waals surface area contributed by atoms with E-state index in [1.165, 1.54) is 0 Å². The SMILES string of the molecule is C=CC[PH](CC=C)(CC=C)CC=CN. The summed E-state index contributed by atoms with van der Waals surface area (Å²) in [5.41, 5.74) is 5.39. The molecule has 2 N–H and O–H groups in total. The molecule has 14 heavy (non-hydrogen) atoms. The molecule has 2 heteroatoms. The van der Waals surface area contributed by atoms with Crippen molar-refractivity contribution < 1.29 is 0 Å². The van der Waals surface area contributed by atoms with Crippen LogP contribution in [0.25, 0.3) is 0 Å². The molecule has 0 aliphatic carbocycles. The van der Waals surface area contributed by atoms with Crippen LogP contribution in [0.3, 0.4) is 0 Å². The first-order valence-corrected chi connectivity index (χ1v) is 7.77. The zero-order valence-electron chi connectivity index (χ0n) is 8.91. The molecular weight excluding hydrogens is 189 g/mol. The van der Waals surface area contributed by atoms with Crippen LogP contribution in [0.15, 0.2) is 50.2 Å². The van der Waals surface area contributed by atoms with Gasteiger partial charge in [-0.3, -0.25) is 0 Å². The molecule has 0 saturated heterocycles. The van der Waals surface area contributed by atoms with Crippen molar-refractivity contribution >= 4 is 7.26 Å². The Morgan fingerprint density at radius 1 is 0.857 bits per heavy atom. The molecule has 0 fully saturated rings. The average Bonchev–Trinajstić information content (AvgIpc) is 2.16. The zero-order chi connectivity index (χ0) is 10.9. The van der Waals surface area contributed by atoms with E-state index in [2.05, 4.69) is 25.8 Å². The fourth-order valence-electron chi connectivity index (χ4n) is 1.74. The van der Waals surface area contributed by atoms with Crippen molar-refractivity contribution in [1.82, 2.24) is 0 Å². The van der Waals surface area contributed by atoms with E-state index in [9.17, 15) is 0 Å². The maximum absolute atomic E-state index is 5.39. The van der Waals surface area contributed by atoms with Gasteiger partial charge in [0.05, 0.1) is 0 Å². The predicted molar refractivity (Wildman–Crippen MR) is 71.7 cm³/mol. The van der Waals surface area contributed by atoms with Gasteiger partial charge in [-0.05, 0) is 0 Å². The monoisotopic (exact) mass is 211 g/mol. The number of hydrogen-bond donors (Lipinski definition) is 1. The van der Waals surface area contributed by atoms with Gasteiger partial charge >= 0.3 is 87.9 Å². The summed E-state index contributed by atoms with van der Waals surface area (Å²) in [5.74, 6) is 0. The second kappa shape index (κ2) is 7.58. The molecule has 1 nitrogen and oxygen atoms in total. The van der Waals surface area contributed by atoms with Crippen molar-refractivity contribution in [2.45, 2.75) is 0 Å². The third-order valence-electron chi connectivity index (χ3n) is 2.42. The van der Waals surface area contributed by atoms with Crippen LogP contribution in [0.2, 0.25) is 0 Å². The van der Waals surface area contributed by atoms with E-state index in [1.807, 2.05) is 18.2 Å². The second-order valence-corrected chi connectivity index (χ2v) is 8.24. The summed E-state index contributed by atoms with van der Waals surface area (Å²) in [5, 5.41) is 0. The number of rotatable bonds is 8. The van der Waals surface area contributed by atoms with Crippen molar-refractivity contribution in [3.8, 4) is 0 Å². The Bertz CT molecular complexity index is 192. The summed E-state index contributed by atoms with van der Waals surface area (Å²) in [6.45, 7) is 11.5. The van der Waals surface area contributed by atoms with E-state index in [0.29, 0.717) is 0 Å². The van der Waals surface area contributed by atoms with E-state index in [4.69, 9.17) is 5.73 Å². The van der Waals surface area contributed by atoms with Crippen LogP contribution in [-0.2, 0) is 0 Å². The van der Waals surface area contributed by atoms with Gasteiger partial charge in [0.15, 0.2) is 0 Å². The standard InChI is InChI=1S/C12H22NP/c1-4-9-14(10-5-2,11-6-3)12-7-8-13/h4-8,14H,1-3,9-13H2. The van der Waals surface area contributed by atoms with Crippen molar-refractivity contribution in [1.29, 1.82) is 0 Å². The van der Waals surface area contributed by atoms with E-state index < -0.39 is 7.26 Å². The van der Waals surface area contributed by atoms with Gasteiger partial charge in [0.2, 0.25) is 0 Å². The molecule has 0 aliphatic heterocycles. The summed E-state index contributed by atoms with van der Waals surface area (Å²) in [6, 6.07) is 0. The number of nitrogens with two attached hydrogens (primary N) is 1. The third-order valence-corrected chi connectivity index (χ3v) is 6.98. The Kier molecular flexibility index (Phi) is 7.14. The van der Waals surface area contributed by atoms with E-state index >= 15 is 0 Å². The van der Waals surface area contributed by atoms with Gasteiger partial charge in [0.25, 0.3) is 0 Å². The molecule has 0 radical (unpaired) electrons. The van der Waals surface area contributed by atoms with Crippen LogP contribution in [0.4, 0.5) is 0 Å². The van der Waals surface area contributed by atoms with E-state index in [-0.39, 0.29) is 0 Å². The summed E-state index contributed by atoms with van der Waals surface area (Å²) in [7, 11) is -1.34. The Hall–Kier alpha value is -0.810. The molecule has 0 bridgehead atoms. The maximum atomic E-state index is 5.39. The molecule has 0 aromatic rings. The molecule has 0 unspecified atom stereocenters. The molecule has 0 aromatic carbocycles. The molecule has 0 rings (SSSR count). The van der Waals surface area contributed by atoms with Crippen molar-refractivity contribution in [2.24, 2.45) is 5.73 Å². The molecule has 0 spiro atoms. The number of hydrogen-bond acceptors (Lipinski definition) is 1. The topological polar surface area (TPSA) is 26.0 Å². The van der Waals surface area contributed by atoms with Gasteiger partial charge in [-0.25, -0.2) is 0 Å². The van der Waals surface area contributed by atoms with Gasteiger partial charge in [0.1, 0.15) is 0 Å². The van der Waals surface area contributed by atoms with Crippen LogP contribution in [0.5, 0.6) is 0 Å². The van der Waals surface area contributed by atoms with Gasteiger partial charge in [-0.15, -0.1) is 0 Å². The Labute approximate surface area is 88.4 Å². The summed E-state index contributed by atoms with van der Waals surface area (Å²) in [4.78, 5) is 0. The van der Waals surface area contributed by atoms with Gasteiger partial charge in [-0.1, -0.05) is 0 Å². The normalized spacial score (nSPS) is 12.6. The predicted octanol–water partition coefficient (Wildman–Crippen LogP) is 2.77. The van der Waals surface area contributed by atoms with Crippen LogP contribution >= 0.6 is 7.26 Å². The van der Waals surface area contributed by atoms with Crippen LogP contribution in [-0.4, -0.2) is 24.6 Å². The summed E-state index contributed by atoms with van der Waals surface area (Å²) >= 11 is 0. The molecule has 0 heterocycles.